The quantitative estimate of drug-likeness (QED) is 0.0802. The Morgan fingerprint density at radius 3 is 1.21 bits per heavy atom. The van der Waals surface area contributed by atoms with Crippen molar-refractivity contribution in [3.63, 3.8) is 0 Å². The van der Waals surface area contributed by atoms with Crippen LogP contribution in [-0.2, 0) is 0 Å². The normalized spacial score (nSPS) is 11.7. The highest BCUT2D eigenvalue weighted by Gasteiger charge is 2.27. The Hall–Kier alpha value is -19.0. The lowest BCUT2D eigenvalue weighted by molar-refractivity contribution is 0.616. The minimum Gasteiger partial charge on any atom is -0.435 e. The molecule has 15 heteroatoms. The number of pyridine rings is 3. The summed E-state index contributed by atoms with van der Waals surface area (Å²) in [7, 11) is 0. The Bertz CT molecular complexity index is 9540. The van der Waals surface area contributed by atoms with Crippen molar-refractivity contribution < 1.29 is 8.83 Å². The van der Waals surface area contributed by atoms with Crippen molar-refractivity contribution in [1.82, 2.24) is 53.6 Å². The van der Waals surface area contributed by atoms with E-state index in [1.807, 2.05) is 140 Å². The lowest BCUT2D eigenvalue weighted by atomic mass is 9.91. The van der Waals surface area contributed by atoms with Gasteiger partial charge in [-0.15, -0.1) is 11.3 Å². The zero-order valence-corrected chi connectivity index (χ0v) is 76.4. The van der Waals surface area contributed by atoms with E-state index in [9.17, 15) is 0 Å². The van der Waals surface area contributed by atoms with Gasteiger partial charge in [-0.1, -0.05) is 285 Å². The maximum Gasteiger partial charge on any atom is 0.246 e. The number of fused-ring (bicyclic) bond motifs is 18. The lowest BCUT2D eigenvalue weighted by Crippen LogP contribution is -2.12. The molecule has 0 radical (unpaired) electrons. The van der Waals surface area contributed by atoms with Gasteiger partial charge >= 0.3 is 0 Å². The molecule has 10 heterocycles. The molecule has 141 heavy (non-hydrogen) atoms. The zero-order valence-electron chi connectivity index (χ0n) is 75.6. The van der Waals surface area contributed by atoms with Crippen molar-refractivity contribution in [1.29, 1.82) is 0 Å². The molecule has 0 bridgehead atoms. The molecule has 0 amide bonds. The minimum absolute atomic E-state index is 0.456. The fourth-order valence-electron chi connectivity index (χ4n) is 20.6. The molecule has 0 saturated carbocycles. The Labute approximate surface area is 811 Å². The molecular formula is C126H78N12O2S. The van der Waals surface area contributed by atoms with Crippen molar-refractivity contribution in [2.75, 3.05) is 4.90 Å². The molecule has 10 aromatic heterocycles. The molecule has 0 unspecified atom stereocenters. The van der Waals surface area contributed by atoms with Crippen molar-refractivity contribution in [3.05, 3.63) is 473 Å². The standard InChI is InChI=1S/C56H34N4O.C37H22N4S.C33H22N4O/c1-3-17-41-35(15-1)29-36-16-2-4-18-42(36)55(41)38-32-48(57-49(33-38)56-58-47-23-9-14-28-54(47)61-56)37-30-39(59-50-24-10-5-19-43(50)44-20-6-11-25-51(44)59)34-40(31-37)60-52-26-12-7-21-45(52)46-22-8-13-27-53(46)60;1-4-14-32-27(10-1)28-11-2-5-15-33(28)41(32)26-20-24(19-25(21-26)37-40-31-13-3-6-16-34(31)42-37)30-22-23-9-7-17-38-35(23)36-29(30)12-8-18-39-36;1-3-14-24(15-4-1)37(25-16-5-2-6-17-25)31-22-29(33-35-28-20-9-10-21-30(28)38-33)34-32(36-31)27-19-11-13-23-12-7-8-18-26(23)27/h1-34H;1-22H;1-22H. The van der Waals surface area contributed by atoms with Gasteiger partial charge in [-0.25, -0.2) is 29.9 Å². The molecule has 29 rings (SSSR count). The first-order valence-corrected chi connectivity index (χ1v) is 47.9. The van der Waals surface area contributed by atoms with Gasteiger partial charge in [0.15, 0.2) is 17.0 Å². The van der Waals surface area contributed by atoms with Crippen LogP contribution in [0.2, 0.25) is 0 Å². The van der Waals surface area contributed by atoms with E-state index in [2.05, 4.69) is 357 Å². The number of thiazole rings is 1. The molecule has 0 atom stereocenters. The molecule has 29 aromatic rings. The van der Waals surface area contributed by atoms with E-state index in [-0.39, 0.29) is 0 Å². The second-order valence-corrected chi connectivity index (χ2v) is 36.3. The molecule has 0 aliphatic heterocycles. The van der Waals surface area contributed by atoms with E-state index in [0.29, 0.717) is 29.0 Å². The molecule has 0 aliphatic rings. The van der Waals surface area contributed by atoms with Gasteiger partial charge in [0, 0.05) is 107 Å². The molecular weight excluding hydrogens is 1750 g/mol. The van der Waals surface area contributed by atoms with E-state index in [1.165, 1.54) is 69.6 Å². The van der Waals surface area contributed by atoms with Crippen LogP contribution in [-0.4, -0.2) is 53.6 Å². The molecule has 0 N–H and O–H groups in total. The average molecular weight is 1820 g/mol. The van der Waals surface area contributed by atoms with Gasteiger partial charge < -0.3 is 22.5 Å². The number of hydrogen-bond acceptors (Lipinski definition) is 12. The highest BCUT2D eigenvalue weighted by molar-refractivity contribution is 7.21. The van der Waals surface area contributed by atoms with Crippen LogP contribution in [0.25, 0.3) is 248 Å². The highest BCUT2D eigenvalue weighted by atomic mass is 32.1. The van der Waals surface area contributed by atoms with Crippen molar-refractivity contribution in [2.45, 2.75) is 0 Å². The first-order chi connectivity index (χ1) is 69.9. The maximum absolute atomic E-state index is 6.49. The monoisotopic (exact) mass is 1820 g/mol. The predicted octanol–water partition coefficient (Wildman–Crippen LogP) is 33.1. The maximum atomic E-state index is 6.49. The van der Waals surface area contributed by atoms with Crippen LogP contribution in [0.5, 0.6) is 0 Å². The molecule has 0 fully saturated rings. The van der Waals surface area contributed by atoms with E-state index in [1.54, 1.807) is 11.3 Å². The van der Waals surface area contributed by atoms with Gasteiger partial charge in [-0.05, 0) is 224 Å². The first-order valence-electron chi connectivity index (χ1n) is 47.1. The van der Waals surface area contributed by atoms with Crippen molar-refractivity contribution in [2.24, 2.45) is 0 Å². The highest BCUT2D eigenvalue weighted by Crippen LogP contribution is 2.47. The number of anilines is 3. The molecule has 14 nitrogen and oxygen atoms in total. The summed E-state index contributed by atoms with van der Waals surface area (Å²) in [4.78, 5) is 42.0. The van der Waals surface area contributed by atoms with Crippen LogP contribution in [0, 0.1) is 0 Å². The fraction of sp³-hybridized carbons (Fsp3) is 0. The van der Waals surface area contributed by atoms with Crippen LogP contribution in [0.15, 0.2) is 482 Å². The van der Waals surface area contributed by atoms with Gasteiger partial charge in [-0.2, -0.15) is 0 Å². The largest absolute Gasteiger partial charge is 0.435 e. The third-order valence-electron chi connectivity index (χ3n) is 26.9. The number of oxazole rings is 2. The average Bonchev–Trinajstić information content (AvgIpc) is 1.62. The van der Waals surface area contributed by atoms with Crippen molar-refractivity contribution in [3.8, 4) is 95.7 Å². The number of aromatic nitrogens is 11. The summed E-state index contributed by atoms with van der Waals surface area (Å²) in [5, 5.41) is 17.4. The SMILES string of the molecule is c1ccc(N(c2ccccc2)c2cc(-c3nc4ccccc4o3)nc(-c3cccc4ccccc34)n2)cc1.c1ccc2c(-c3cc(-c4cc(-n5c6ccccc6c6ccccc65)cc(-n5c6ccccc6c6ccccc65)c4)nc(-c4nc5ccccc5o4)c3)c3ccccc3cc2c1.c1cnc2c(c1)cc(-c1cc(-c3nc4ccccc4s3)cc(-n3c4ccccc4c4ccccc43)c1)c1cccnc12. The number of benzene rings is 19. The topological polar surface area (TPSA) is 147 Å². The smallest absolute Gasteiger partial charge is 0.246 e. The summed E-state index contributed by atoms with van der Waals surface area (Å²) in [5.41, 5.74) is 27.5. The summed E-state index contributed by atoms with van der Waals surface area (Å²) in [6.07, 6.45) is 3.69. The Morgan fingerprint density at radius 1 is 0.241 bits per heavy atom. The van der Waals surface area contributed by atoms with Crippen LogP contribution in [0.3, 0.4) is 0 Å². The molecule has 0 spiro atoms. The van der Waals surface area contributed by atoms with E-state index in [0.717, 1.165) is 166 Å². The summed E-state index contributed by atoms with van der Waals surface area (Å²) < 4.78 is 21.0. The number of hydrogen-bond donors (Lipinski definition) is 0. The molecule has 0 saturated heterocycles. The van der Waals surface area contributed by atoms with Gasteiger partial charge in [0.05, 0.1) is 60.0 Å². The van der Waals surface area contributed by atoms with Crippen LogP contribution in [0.4, 0.5) is 17.2 Å². The van der Waals surface area contributed by atoms with Crippen LogP contribution in [0.1, 0.15) is 0 Å². The molecule has 19 aromatic carbocycles. The minimum atomic E-state index is 0.456. The predicted molar refractivity (Wildman–Crippen MR) is 580 cm³/mol. The summed E-state index contributed by atoms with van der Waals surface area (Å²) in [6.45, 7) is 0. The fourth-order valence-corrected chi connectivity index (χ4v) is 21.6. The molecule has 660 valence electrons. The van der Waals surface area contributed by atoms with Gasteiger partial charge in [0.25, 0.3) is 0 Å². The van der Waals surface area contributed by atoms with Gasteiger partial charge in [0.2, 0.25) is 11.8 Å². The van der Waals surface area contributed by atoms with E-state index >= 15 is 0 Å². The summed E-state index contributed by atoms with van der Waals surface area (Å²) in [6, 6.07) is 161. The third-order valence-corrected chi connectivity index (χ3v) is 27.9. The van der Waals surface area contributed by atoms with Crippen LogP contribution >= 0.6 is 11.3 Å². The summed E-state index contributed by atoms with van der Waals surface area (Å²) >= 11 is 1.73. The number of nitrogens with zero attached hydrogens (tertiary/aromatic N) is 12. The van der Waals surface area contributed by atoms with Gasteiger partial charge in [-0.3, -0.25) is 14.9 Å². The van der Waals surface area contributed by atoms with E-state index in [4.69, 9.17) is 43.7 Å². The van der Waals surface area contributed by atoms with E-state index < -0.39 is 0 Å². The van der Waals surface area contributed by atoms with Crippen LogP contribution < -0.4 is 4.90 Å². The second-order valence-electron chi connectivity index (χ2n) is 35.3. The Kier molecular flexibility index (Phi) is 19.8. The summed E-state index contributed by atoms with van der Waals surface area (Å²) in [5.74, 6) is 2.26. The third kappa shape index (κ3) is 14.4. The Morgan fingerprint density at radius 2 is 0.660 bits per heavy atom. The van der Waals surface area contributed by atoms with Gasteiger partial charge in [0.1, 0.15) is 33.2 Å². The lowest BCUT2D eigenvalue weighted by Gasteiger charge is -2.25. The number of para-hydroxylation sites is 13. The second kappa shape index (κ2) is 34.1. The first kappa shape index (κ1) is 81.6. The van der Waals surface area contributed by atoms with Crippen molar-refractivity contribution >= 4 is 180 Å². The molecule has 0 aliphatic carbocycles. The Balaban J connectivity index is 0.000000110. The number of rotatable bonds is 13. The zero-order chi connectivity index (χ0) is 93.0.